The normalized spacial score (nSPS) is 19.3. The molecule has 3 heterocycles. The third-order valence-corrected chi connectivity index (χ3v) is 5.00. The maximum Gasteiger partial charge on any atom is 0.322 e. The van der Waals surface area contributed by atoms with E-state index >= 15 is 0 Å². The molecule has 1 saturated heterocycles. The summed E-state index contributed by atoms with van der Waals surface area (Å²) < 4.78 is 34.8. The van der Waals surface area contributed by atoms with Gasteiger partial charge in [-0.25, -0.2) is 12.7 Å². The average molecular weight is 355 g/mol. The summed E-state index contributed by atoms with van der Waals surface area (Å²) in [5.74, 6) is -0.0894. The number of rotatable bonds is 4. The van der Waals surface area contributed by atoms with Crippen LogP contribution in [0.4, 0.5) is 6.01 Å². The minimum absolute atomic E-state index is 0.0628. The highest BCUT2D eigenvalue weighted by molar-refractivity contribution is 7.88. The SMILES string of the molecule is Cc1cc(-c2nnc(NC(=O)C3CCCN(S(C)(=O)=O)C3)o2)no1. The van der Waals surface area contributed by atoms with Crippen LogP contribution in [0.1, 0.15) is 18.6 Å². The van der Waals surface area contributed by atoms with Gasteiger partial charge in [-0.05, 0) is 19.8 Å². The number of hydrogen-bond acceptors (Lipinski definition) is 8. The van der Waals surface area contributed by atoms with E-state index in [0.29, 0.717) is 30.8 Å². The molecule has 1 N–H and O–H groups in total. The highest BCUT2D eigenvalue weighted by Gasteiger charge is 2.31. The number of aryl methyl sites for hydroxylation is 1. The molecule has 1 unspecified atom stereocenters. The second-order valence-corrected chi connectivity index (χ2v) is 7.67. The number of hydrogen-bond donors (Lipinski definition) is 1. The van der Waals surface area contributed by atoms with Crippen molar-refractivity contribution in [2.75, 3.05) is 24.7 Å². The first-order valence-corrected chi connectivity index (χ1v) is 9.21. The first-order chi connectivity index (χ1) is 11.3. The van der Waals surface area contributed by atoms with Crippen LogP contribution in [0.2, 0.25) is 0 Å². The van der Waals surface area contributed by atoms with Gasteiger partial charge in [-0.2, -0.15) is 0 Å². The van der Waals surface area contributed by atoms with Crippen LogP contribution >= 0.6 is 0 Å². The molecule has 0 aliphatic carbocycles. The minimum Gasteiger partial charge on any atom is -0.401 e. The number of piperidine rings is 1. The lowest BCUT2D eigenvalue weighted by molar-refractivity contribution is -0.121. The zero-order chi connectivity index (χ0) is 17.3. The summed E-state index contributed by atoms with van der Waals surface area (Å²) in [6.45, 7) is 2.30. The van der Waals surface area contributed by atoms with Crippen molar-refractivity contribution in [3.05, 3.63) is 11.8 Å². The number of nitrogens with zero attached hydrogens (tertiary/aromatic N) is 4. The third-order valence-electron chi connectivity index (χ3n) is 3.73. The van der Waals surface area contributed by atoms with Gasteiger partial charge >= 0.3 is 6.01 Å². The lowest BCUT2D eigenvalue weighted by atomic mass is 9.99. The molecule has 0 saturated carbocycles. The van der Waals surface area contributed by atoms with E-state index in [-0.39, 0.29) is 24.4 Å². The maximum absolute atomic E-state index is 12.3. The summed E-state index contributed by atoms with van der Waals surface area (Å²) in [4.78, 5) is 12.3. The van der Waals surface area contributed by atoms with Gasteiger partial charge in [0.25, 0.3) is 5.89 Å². The molecule has 24 heavy (non-hydrogen) atoms. The predicted octanol–water partition coefficient (Wildman–Crippen LogP) is 0.643. The van der Waals surface area contributed by atoms with Gasteiger partial charge in [0.2, 0.25) is 15.9 Å². The molecule has 1 aliphatic heterocycles. The Morgan fingerprint density at radius 1 is 1.42 bits per heavy atom. The molecule has 1 atom stereocenters. The average Bonchev–Trinajstić information content (AvgIpc) is 3.15. The van der Waals surface area contributed by atoms with E-state index in [1.807, 2.05) is 0 Å². The number of carbonyl (C=O) groups excluding carboxylic acids is 1. The van der Waals surface area contributed by atoms with Gasteiger partial charge < -0.3 is 8.94 Å². The van der Waals surface area contributed by atoms with Gasteiger partial charge in [-0.15, -0.1) is 5.10 Å². The Morgan fingerprint density at radius 2 is 2.21 bits per heavy atom. The molecule has 1 fully saturated rings. The van der Waals surface area contributed by atoms with E-state index in [9.17, 15) is 13.2 Å². The predicted molar refractivity (Wildman–Crippen MR) is 82.3 cm³/mol. The molecule has 1 aliphatic rings. The second-order valence-electron chi connectivity index (χ2n) is 5.68. The summed E-state index contributed by atoms with van der Waals surface area (Å²) in [5.41, 5.74) is 0.376. The van der Waals surface area contributed by atoms with Crippen molar-refractivity contribution in [3.63, 3.8) is 0 Å². The van der Waals surface area contributed by atoms with Crippen LogP contribution in [0.25, 0.3) is 11.6 Å². The molecule has 0 aromatic carbocycles. The number of amides is 1. The van der Waals surface area contributed by atoms with Crippen LogP contribution in [0.15, 0.2) is 15.0 Å². The summed E-state index contributed by atoms with van der Waals surface area (Å²) >= 11 is 0. The molecule has 2 aromatic heterocycles. The summed E-state index contributed by atoms with van der Waals surface area (Å²) in [6.07, 6.45) is 2.36. The molecule has 0 spiro atoms. The van der Waals surface area contributed by atoms with Crippen molar-refractivity contribution in [3.8, 4) is 11.6 Å². The molecule has 10 nitrogen and oxygen atoms in total. The number of sulfonamides is 1. The minimum atomic E-state index is -3.31. The fraction of sp³-hybridized carbons (Fsp3) is 0.538. The number of carbonyl (C=O) groups is 1. The van der Waals surface area contributed by atoms with Crippen LogP contribution in [0, 0.1) is 12.8 Å². The quantitative estimate of drug-likeness (QED) is 0.845. The topological polar surface area (TPSA) is 131 Å². The summed E-state index contributed by atoms with van der Waals surface area (Å²) in [5, 5.41) is 13.8. The lowest BCUT2D eigenvalue weighted by Crippen LogP contribution is -2.43. The van der Waals surface area contributed by atoms with Gasteiger partial charge in [0.05, 0.1) is 12.2 Å². The van der Waals surface area contributed by atoms with E-state index in [1.54, 1.807) is 13.0 Å². The molecular formula is C13H17N5O5S. The van der Waals surface area contributed by atoms with Crippen molar-refractivity contribution in [1.29, 1.82) is 0 Å². The fourth-order valence-electron chi connectivity index (χ4n) is 2.51. The van der Waals surface area contributed by atoms with Gasteiger partial charge in [0.15, 0.2) is 5.69 Å². The fourth-order valence-corrected chi connectivity index (χ4v) is 3.42. The van der Waals surface area contributed by atoms with Crippen LogP contribution in [0.5, 0.6) is 0 Å². The van der Waals surface area contributed by atoms with Gasteiger partial charge in [0.1, 0.15) is 5.76 Å². The van der Waals surface area contributed by atoms with Gasteiger partial charge in [-0.1, -0.05) is 10.3 Å². The van der Waals surface area contributed by atoms with E-state index in [2.05, 4.69) is 20.7 Å². The van der Waals surface area contributed by atoms with Crippen LogP contribution in [-0.2, 0) is 14.8 Å². The Balaban J connectivity index is 1.66. The summed E-state index contributed by atoms with van der Waals surface area (Å²) in [6, 6.07) is 1.57. The van der Waals surface area contributed by atoms with Crippen molar-refractivity contribution in [2.24, 2.45) is 5.92 Å². The lowest BCUT2D eigenvalue weighted by Gasteiger charge is -2.29. The Labute approximate surface area is 138 Å². The van der Waals surface area contributed by atoms with E-state index in [0.717, 1.165) is 6.26 Å². The van der Waals surface area contributed by atoms with E-state index < -0.39 is 15.9 Å². The van der Waals surface area contributed by atoms with Crippen molar-refractivity contribution in [1.82, 2.24) is 19.7 Å². The Hall–Kier alpha value is -2.27. The van der Waals surface area contributed by atoms with Crippen molar-refractivity contribution in [2.45, 2.75) is 19.8 Å². The molecule has 3 rings (SSSR count). The molecule has 0 bridgehead atoms. The molecular weight excluding hydrogens is 338 g/mol. The summed E-state index contributed by atoms with van der Waals surface area (Å²) in [7, 11) is -3.31. The number of aromatic nitrogens is 3. The zero-order valence-corrected chi connectivity index (χ0v) is 14.0. The largest absolute Gasteiger partial charge is 0.401 e. The van der Waals surface area contributed by atoms with Crippen LogP contribution < -0.4 is 5.32 Å². The maximum atomic E-state index is 12.3. The van der Waals surface area contributed by atoms with E-state index in [1.165, 1.54) is 4.31 Å². The second kappa shape index (κ2) is 6.32. The van der Waals surface area contributed by atoms with Crippen LogP contribution in [0.3, 0.4) is 0 Å². The smallest absolute Gasteiger partial charge is 0.322 e. The molecule has 11 heteroatoms. The Morgan fingerprint density at radius 3 is 2.88 bits per heavy atom. The molecule has 130 valence electrons. The van der Waals surface area contributed by atoms with Gasteiger partial charge in [-0.3, -0.25) is 10.1 Å². The number of anilines is 1. The first kappa shape index (κ1) is 16.6. The molecule has 1 amide bonds. The van der Waals surface area contributed by atoms with E-state index in [4.69, 9.17) is 8.94 Å². The number of nitrogens with one attached hydrogen (secondary N) is 1. The molecule has 0 radical (unpaired) electrons. The van der Waals surface area contributed by atoms with Crippen LogP contribution in [-0.4, -0.2) is 53.3 Å². The Kier molecular flexibility index (Phi) is 4.37. The monoisotopic (exact) mass is 355 g/mol. The highest BCUT2D eigenvalue weighted by Crippen LogP contribution is 2.22. The standard InChI is InChI=1S/C13H17N5O5S/c1-8-6-10(17-23-8)12-15-16-13(22-12)14-11(19)9-4-3-5-18(7-9)24(2,20)21/h6,9H,3-5,7H2,1-2H3,(H,14,16,19). The zero-order valence-electron chi connectivity index (χ0n) is 13.2. The van der Waals surface area contributed by atoms with Crippen molar-refractivity contribution < 1.29 is 22.2 Å². The van der Waals surface area contributed by atoms with Crippen molar-refractivity contribution >= 4 is 21.9 Å². The first-order valence-electron chi connectivity index (χ1n) is 7.36. The Bertz CT molecular complexity index is 843. The third kappa shape index (κ3) is 3.62. The molecule has 2 aromatic rings. The van der Waals surface area contributed by atoms with Gasteiger partial charge in [0, 0.05) is 19.2 Å². The highest BCUT2D eigenvalue weighted by atomic mass is 32.2.